The number of benzene rings is 2. The van der Waals surface area contributed by atoms with Gasteiger partial charge in [-0.05, 0) is 54.2 Å². The van der Waals surface area contributed by atoms with E-state index >= 15 is 0 Å². The number of amides is 1. The molecule has 2 aromatic rings. The lowest BCUT2D eigenvalue weighted by Gasteiger charge is -2.19. The van der Waals surface area contributed by atoms with Crippen molar-refractivity contribution < 1.29 is 14.3 Å². The summed E-state index contributed by atoms with van der Waals surface area (Å²) in [5, 5.41) is 3.88. The van der Waals surface area contributed by atoms with E-state index in [1.54, 1.807) is 14.2 Å². The van der Waals surface area contributed by atoms with Gasteiger partial charge in [0.1, 0.15) is 0 Å². The largest absolute Gasteiger partial charge is 0.493 e. The molecule has 4 nitrogen and oxygen atoms in total. The van der Waals surface area contributed by atoms with Gasteiger partial charge in [0.05, 0.1) is 26.7 Å². The molecule has 5 heteroatoms. The molecule has 0 radical (unpaired) electrons. The zero-order chi connectivity index (χ0) is 17.8. The summed E-state index contributed by atoms with van der Waals surface area (Å²) in [5.74, 6) is 1.79. The van der Waals surface area contributed by atoms with Crippen LogP contribution in [-0.4, -0.2) is 20.1 Å². The average Bonchev–Trinajstić information content (AvgIpc) is 3.45. The Bertz CT molecular complexity index is 741. The molecule has 0 spiro atoms. The monoisotopic (exact) mass is 359 g/mol. The van der Waals surface area contributed by atoms with Crippen molar-refractivity contribution in [2.24, 2.45) is 5.92 Å². The summed E-state index contributed by atoms with van der Waals surface area (Å²) >= 11 is 5.97. The van der Waals surface area contributed by atoms with Crippen molar-refractivity contribution in [2.75, 3.05) is 14.2 Å². The SMILES string of the molecule is COc1ccc(CC(=O)NC(c2ccc(Cl)cc2)C2CC2)cc1OC. The minimum absolute atomic E-state index is 0.000861. The lowest BCUT2D eigenvalue weighted by atomic mass is 10.0. The molecule has 2 aromatic carbocycles. The number of carbonyl (C=O) groups excluding carboxylic acids is 1. The summed E-state index contributed by atoms with van der Waals surface area (Å²) in [5.41, 5.74) is 1.99. The van der Waals surface area contributed by atoms with Gasteiger partial charge in [-0.3, -0.25) is 4.79 Å². The van der Waals surface area contributed by atoms with Crippen molar-refractivity contribution in [3.05, 3.63) is 58.6 Å². The molecule has 132 valence electrons. The molecular formula is C20H22ClNO3. The van der Waals surface area contributed by atoms with Gasteiger partial charge in [-0.2, -0.15) is 0 Å². The van der Waals surface area contributed by atoms with E-state index in [0.29, 0.717) is 28.9 Å². The molecule has 25 heavy (non-hydrogen) atoms. The Morgan fingerprint density at radius 1 is 1.12 bits per heavy atom. The third kappa shape index (κ3) is 4.45. The van der Waals surface area contributed by atoms with Crippen LogP contribution in [0, 0.1) is 5.92 Å². The highest BCUT2D eigenvalue weighted by molar-refractivity contribution is 6.30. The summed E-state index contributed by atoms with van der Waals surface area (Å²) < 4.78 is 10.5. The quantitative estimate of drug-likeness (QED) is 0.807. The van der Waals surface area contributed by atoms with Crippen LogP contribution in [0.2, 0.25) is 5.02 Å². The number of rotatable bonds is 7. The zero-order valence-corrected chi connectivity index (χ0v) is 15.2. The van der Waals surface area contributed by atoms with E-state index in [1.165, 1.54) is 0 Å². The first-order chi connectivity index (χ1) is 12.1. The van der Waals surface area contributed by atoms with Crippen LogP contribution in [0.25, 0.3) is 0 Å². The second-order valence-corrected chi connectivity index (χ2v) is 6.74. The van der Waals surface area contributed by atoms with Crippen molar-refractivity contribution in [2.45, 2.75) is 25.3 Å². The third-order valence-corrected chi connectivity index (χ3v) is 4.70. The van der Waals surface area contributed by atoms with E-state index in [0.717, 1.165) is 24.0 Å². The molecule has 1 amide bonds. The molecule has 1 N–H and O–H groups in total. The molecule has 1 atom stereocenters. The second-order valence-electron chi connectivity index (χ2n) is 6.30. The molecular weight excluding hydrogens is 338 g/mol. The number of carbonyl (C=O) groups is 1. The molecule has 1 aliphatic rings. The van der Waals surface area contributed by atoms with E-state index < -0.39 is 0 Å². The summed E-state index contributed by atoms with van der Waals surface area (Å²) in [6.45, 7) is 0. The van der Waals surface area contributed by atoms with Crippen molar-refractivity contribution in [3.8, 4) is 11.5 Å². The van der Waals surface area contributed by atoms with Crippen LogP contribution < -0.4 is 14.8 Å². The van der Waals surface area contributed by atoms with Crippen molar-refractivity contribution in [1.82, 2.24) is 5.32 Å². The Balaban J connectivity index is 1.69. The van der Waals surface area contributed by atoms with E-state index in [2.05, 4.69) is 5.32 Å². The van der Waals surface area contributed by atoms with Crippen molar-refractivity contribution >= 4 is 17.5 Å². The minimum atomic E-state index is -0.000861. The van der Waals surface area contributed by atoms with Gasteiger partial charge in [0.25, 0.3) is 0 Å². The third-order valence-electron chi connectivity index (χ3n) is 4.45. The lowest BCUT2D eigenvalue weighted by Crippen LogP contribution is -2.31. The maximum absolute atomic E-state index is 12.5. The number of ether oxygens (including phenoxy) is 2. The highest BCUT2D eigenvalue weighted by Gasteiger charge is 2.33. The number of nitrogens with one attached hydrogen (secondary N) is 1. The highest BCUT2D eigenvalue weighted by atomic mass is 35.5. The molecule has 1 saturated carbocycles. The maximum Gasteiger partial charge on any atom is 0.224 e. The van der Waals surface area contributed by atoms with Crippen LogP contribution in [0.3, 0.4) is 0 Å². The van der Waals surface area contributed by atoms with Crippen molar-refractivity contribution in [3.63, 3.8) is 0 Å². The number of hydrogen-bond donors (Lipinski definition) is 1. The summed E-state index contributed by atoms with van der Waals surface area (Å²) in [6.07, 6.45) is 2.59. The first kappa shape index (κ1) is 17.6. The lowest BCUT2D eigenvalue weighted by molar-refractivity contribution is -0.121. The smallest absolute Gasteiger partial charge is 0.224 e. The molecule has 1 unspecified atom stereocenters. The second kappa shape index (κ2) is 7.79. The molecule has 0 saturated heterocycles. The van der Waals surface area contributed by atoms with Crippen LogP contribution in [0.1, 0.15) is 30.0 Å². The van der Waals surface area contributed by atoms with Gasteiger partial charge in [-0.1, -0.05) is 29.8 Å². The first-order valence-electron chi connectivity index (χ1n) is 8.36. The average molecular weight is 360 g/mol. The Labute approximate surface area is 153 Å². The molecule has 1 fully saturated rings. The van der Waals surface area contributed by atoms with Gasteiger partial charge < -0.3 is 14.8 Å². The number of hydrogen-bond acceptors (Lipinski definition) is 3. The Morgan fingerprint density at radius 2 is 1.80 bits per heavy atom. The van der Waals surface area contributed by atoms with Crippen LogP contribution >= 0.6 is 11.6 Å². The van der Waals surface area contributed by atoms with Crippen LogP contribution in [0.15, 0.2) is 42.5 Å². The van der Waals surface area contributed by atoms with E-state index in [4.69, 9.17) is 21.1 Å². The van der Waals surface area contributed by atoms with Crippen LogP contribution in [-0.2, 0) is 11.2 Å². The fourth-order valence-corrected chi connectivity index (χ4v) is 3.10. The molecule has 0 heterocycles. The van der Waals surface area contributed by atoms with E-state index in [-0.39, 0.29) is 11.9 Å². The van der Waals surface area contributed by atoms with Gasteiger partial charge in [-0.25, -0.2) is 0 Å². The van der Waals surface area contributed by atoms with Crippen LogP contribution in [0.4, 0.5) is 0 Å². The standard InChI is InChI=1S/C20H22ClNO3/c1-24-17-10-3-13(11-18(17)25-2)12-19(23)22-20(14-4-5-14)15-6-8-16(21)9-7-15/h3,6-11,14,20H,4-5,12H2,1-2H3,(H,22,23). The summed E-state index contributed by atoms with van der Waals surface area (Å²) in [4.78, 5) is 12.5. The van der Waals surface area contributed by atoms with Gasteiger partial charge in [-0.15, -0.1) is 0 Å². The van der Waals surface area contributed by atoms with Gasteiger partial charge in [0.2, 0.25) is 5.91 Å². The molecule has 0 bridgehead atoms. The molecule has 1 aliphatic carbocycles. The highest BCUT2D eigenvalue weighted by Crippen LogP contribution is 2.41. The van der Waals surface area contributed by atoms with E-state index in [1.807, 2.05) is 42.5 Å². The van der Waals surface area contributed by atoms with Gasteiger partial charge in [0.15, 0.2) is 11.5 Å². The molecule has 0 aliphatic heterocycles. The number of methoxy groups -OCH3 is 2. The minimum Gasteiger partial charge on any atom is -0.493 e. The zero-order valence-electron chi connectivity index (χ0n) is 14.4. The fraction of sp³-hybridized carbons (Fsp3) is 0.350. The van der Waals surface area contributed by atoms with E-state index in [9.17, 15) is 4.79 Å². The van der Waals surface area contributed by atoms with Crippen molar-refractivity contribution in [1.29, 1.82) is 0 Å². The number of halogens is 1. The van der Waals surface area contributed by atoms with Gasteiger partial charge in [0, 0.05) is 5.02 Å². The topological polar surface area (TPSA) is 47.6 Å². The molecule has 3 rings (SSSR count). The predicted molar refractivity (Wildman–Crippen MR) is 98.3 cm³/mol. The predicted octanol–water partition coefficient (Wildman–Crippen LogP) is 4.17. The van der Waals surface area contributed by atoms with Gasteiger partial charge >= 0.3 is 0 Å². The summed E-state index contributed by atoms with van der Waals surface area (Å²) in [7, 11) is 3.18. The normalized spacial score (nSPS) is 14.7. The molecule has 0 aromatic heterocycles. The Morgan fingerprint density at radius 3 is 2.40 bits per heavy atom. The first-order valence-corrected chi connectivity index (χ1v) is 8.74. The Hall–Kier alpha value is -2.20. The fourth-order valence-electron chi connectivity index (χ4n) is 2.97. The maximum atomic E-state index is 12.5. The Kier molecular flexibility index (Phi) is 5.49. The van der Waals surface area contributed by atoms with Crippen LogP contribution in [0.5, 0.6) is 11.5 Å². The summed E-state index contributed by atoms with van der Waals surface area (Å²) in [6, 6.07) is 13.3.